The van der Waals surface area contributed by atoms with Crippen molar-refractivity contribution in [2.75, 3.05) is 39.8 Å². The van der Waals surface area contributed by atoms with Crippen LogP contribution in [0.15, 0.2) is 48.8 Å². The summed E-state index contributed by atoms with van der Waals surface area (Å²) in [6, 6.07) is 12.1. The van der Waals surface area contributed by atoms with Crippen LogP contribution in [0, 0.1) is 0 Å². The van der Waals surface area contributed by atoms with Crippen molar-refractivity contribution in [1.29, 1.82) is 0 Å². The van der Waals surface area contributed by atoms with Gasteiger partial charge in [-0.25, -0.2) is 0 Å². The first-order valence-corrected chi connectivity index (χ1v) is 8.91. The predicted molar refractivity (Wildman–Crippen MR) is 99.5 cm³/mol. The second-order valence-electron chi connectivity index (χ2n) is 6.43. The first-order chi connectivity index (χ1) is 12.3. The van der Waals surface area contributed by atoms with Crippen LogP contribution in [0.3, 0.4) is 0 Å². The van der Waals surface area contributed by atoms with Gasteiger partial charge in [-0.15, -0.1) is 0 Å². The number of carbonyl (C=O) groups is 1. The van der Waals surface area contributed by atoms with Crippen LogP contribution in [0.25, 0.3) is 0 Å². The summed E-state index contributed by atoms with van der Waals surface area (Å²) in [5.41, 5.74) is 3.24. The fourth-order valence-corrected chi connectivity index (χ4v) is 3.23. The van der Waals surface area contributed by atoms with E-state index in [0.29, 0.717) is 0 Å². The Labute approximate surface area is 149 Å². The zero-order valence-corrected chi connectivity index (χ0v) is 14.8. The Morgan fingerprint density at radius 2 is 1.80 bits per heavy atom. The van der Waals surface area contributed by atoms with Crippen molar-refractivity contribution in [3.8, 4) is 0 Å². The van der Waals surface area contributed by atoms with Crippen LogP contribution in [0.2, 0.25) is 0 Å². The maximum atomic E-state index is 12.9. The largest absolute Gasteiger partial charge is 0.336 e. The van der Waals surface area contributed by atoms with Gasteiger partial charge < -0.3 is 10.2 Å². The van der Waals surface area contributed by atoms with E-state index in [-0.39, 0.29) is 5.91 Å². The van der Waals surface area contributed by atoms with E-state index in [1.807, 2.05) is 42.5 Å². The zero-order valence-electron chi connectivity index (χ0n) is 14.8. The van der Waals surface area contributed by atoms with Crippen molar-refractivity contribution < 1.29 is 4.79 Å². The molecule has 0 unspecified atom stereocenters. The van der Waals surface area contributed by atoms with Crippen molar-refractivity contribution in [3.63, 3.8) is 0 Å². The molecule has 1 aliphatic heterocycles. The van der Waals surface area contributed by atoms with Gasteiger partial charge in [0.25, 0.3) is 5.91 Å². The summed E-state index contributed by atoms with van der Waals surface area (Å²) in [7, 11) is 1.94. The number of hydrogen-bond acceptors (Lipinski definition) is 4. The summed E-state index contributed by atoms with van der Waals surface area (Å²) >= 11 is 0. The third-order valence-corrected chi connectivity index (χ3v) is 4.71. The number of aromatic nitrogens is 1. The van der Waals surface area contributed by atoms with Gasteiger partial charge in [0.05, 0.1) is 0 Å². The van der Waals surface area contributed by atoms with Crippen LogP contribution in [0.4, 0.5) is 0 Å². The number of likely N-dealkylation sites (N-methyl/N-ethyl adjacent to an activating group) is 1. The highest BCUT2D eigenvalue weighted by molar-refractivity contribution is 5.95. The highest BCUT2D eigenvalue weighted by atomic mass is 16.2. The topological polar surface area (TPSA) is 48.5 Å². The van der Waals surface area contributed by atoms with Gasteiger partial charge in [-0.2, -0.15) is 0 Å². The number of nitrogens with zero attached hydrogens (tertiary/aromatic N) is 3. The van der Waals surface area contributed by atoms with Gasteiger partial charge in [0.15, 0.2) is 0 Å². The van der Waals surface area contributed by atoms with E-state index >= 15 is 0 Å². The normalized spacial score (nSPS) is 15.3. The fraction of sp³-hybridized carbons (Fsp3) is 0.400. The molecule has 0 aliphatic carbocycles. The first-order valence-electron chi connectivity index (χ1n) is 8.91. The van der Waals surface area contributed by atoms with E-state index < -0.39 is 0 Å². The minimum Gasteiger partial charge on any atom is -0.336 e. The van der Waals surface area contributed by atoms with Crippen molar-refractivity contribution in [3.05, 3.63) is 65.5 Å². The quantitative estimate of drug-likeness (QED) is 0.873. The molecule has 5 heteroatoms. The summed E-state index contributed by atoms with van der Waals surface area (Å²) in [5, 5.41) is 3.15. The number of hydrogen-bond donors (Lipinski definition) is 1. The molecule has 0 atom stereocenters. The molecule has 1 aliphatic rings. The molecule has 3 rings (SSSR count). The Kier molecular flexibility index (Phi) is 6.14. The Bertz CT molecular complexity index is 681. The second-order valence-corrected chi connectivity index (χ2v) is 6.43. The summed E-state index contributed by atoms with van der Waals surface area (Å²) in [6.07, 6.45) is 4.54. The fourth-order valence-electron chi connectivity index (χ4n) is 3.23. The molecule has 2 heterocycles. The maximum absolute atomic E-state index is 12.9. The highest BCUT2D eigenvalue weighted by Crippen LogP contribution is 2.15. The van der Waals surface area contributed by atoms with Gasteiger partial charge in [-0.1, -0.05) is 18.2 Å². The molecule has 0 bridgehead atoms. The van der Waals surface area contributed by atoms with E-state index in [1.165, 1.54) is 5.56 Å². The van der Waals surface area contributed by atoms with E-state index in [1.54, 1.807) is 0 Å². The van der Waals surface area contributed by atoms with Gasteiger partial charge >= 0.3 is 0 Å². The van der Waals surface area contributed by atoms with Crippen molar-refractivity contribution in [2.45, 2.75) is 13.0 Å². The van der Waals surface area contributed by atoms with Crippen LogP contribution >= 0.6 is 0 Å². The minimum absolute atomic E-state index is 0.162. The van der Waals surface area contributed by atoms with E-state index in [4.69, 9.17) is 0 Å². The van der Waals surface area contributed by atoms with Gasteiger partial charge in [-0.05, 0) is 49.3 Å². The second kappa shape index (κ2) is 8.74. The first kappa shape index (κ1) is 17.6. The summed E-state index contributed by atoms with van der Waals surface area (Å²) < 4.78 is 0. The molecule has 1 N–H and O–H groups in total. The lowest BCUT2D eigenvalue weighted by Gasteiger charge is -2.35. The lowest BCUT2D eigenvalue weighted by atomic mass is 10.0. The number of benzene rings is 1. The molecule has 2 aromatic rings. The molecule has 0 saturated carbocycles. The van der Waals surface area contributed by atoms with Gasteiger partial charge in [-0.3, -0.25) is 14.7 Å². The van der Waals surface area contributed by atoms with Crippen molar-refractivity contribution in [2.24, 2.45) is 0 Å². The van der Waals surface area contributed by atoms with Crippen LogP contribution in [0.5, 0.6) is 0 Å². The molecule has 132 valence electrons. The number of rotatable bonds is 6. The van der Waals surface area contributed by atoms with Crippen LogP contribution < -0.4 is 5.32 Å². The summed E-state index contributed by atoms with van der Waals surface area (Å²) in [6.45, 7) is 5.18. The summed E-state index contributed by atoms with van der Waals surface area (Å²) in [5.74, 6) is 0.162. The lowest BCUT2D eigenvalue weighted by Crippen LogP contribution is -2.48. The molecule has 0 radical (unpaired) electrons. The number of piperazine rings is 1. The Morgan fingerprint density at radius 3 is 2.52 bits per heavy atom. The average molecular weight is 338 g/mol. The van der Waals surface area contributed by atoms with E-state index in [2.05, 4.69) is 33.4 Å². The molecule has 1 amide bonds. The monoisotopic (exact) mass is 338 g/mol. The molecular weight excluding hydrogens is 312 g/mol. The standard InChI is InChI=1S/C20H26N4O/c1-21-9-8-18-4-2-3-5-19(18)20(25)24-14-12-23(13-15-24)16-17-6-10-22-11-7-17/h2-7,10-11,21H,8-9,12-16H2,1H3. The number of carbonyl (C=O) groups excluding carboxylic acids is 1. The molecule has 1 saturated heterocycles. The molecule has 25 heavy (non-hydrogen) atoms. The van der Waals surface area contributed by atoms with Crippen LogP contribution in [-0.2, 0) is 13.0 Å². The third-order valence-electron chi connectivity index (χ3n) is 4.71. The Morgan fingerprint density at radius 1 is 1.08 bits per heavy atom. The van der Waals surface area contributed by atoms with Crippen LogP contribution in [0.1, 0.15) is 21.5 Å². The molecule has 1 aromatic carbocycles. The van der Waals surface area contributed by atoms with Gasteiger partial charge in [0, 0.05) is 50.7 Å². The minimum atomic E-state index is 0.162. The molecule has 1 fully saturated rings. The molecule has 5 nitrogen and oxygen atoms in total. The maximum Gasteiger partial charge on any atom is 0.254 e. The van der Waals surface area contributed by atoms with E-state index in [9.17, 15) is 4.79 Å². The lowest BCUT2D eigenvalue weighted by molar-refractivity contribution is 0.0627. The molecule has 1 aromatic heterocycles. The number of nitrogens with one attached hydrogen (secondary N) is 1. The number of amides is 1. The smallest absolute Gasteiger partial charge is 0.254 e. The number of pyridine rings is 1. The van der Waals surface area contributed by atoms with Crippen molar-refractivity contribution >= 4 is 5.91 Å². The summed E-state index contributed by atoms with van der Waals surface area (Å²) in [4.78, 5) is 21.4. The Balaban J connectivity index is 1.58. The SMILES string of the molecule is CNCCc1ccccc1C(=O)N1CCN(Cc2ccncc2)CC1. The van der Waals surface area contributed by atoms with Crippen LogP contribution in [-0.4, -0.2) is 60.5 Å². The molecule has 0 spiro atoms. The zero-order chi connectivity index (χ0) is 17.5. The average Bonchev–Trinajstić information content (AvgIpc) is 2.67. The Hall–Kier alpha value is -2.24. The third kappa shape index (κ3) is 4.65. The van der Waals surface area contributed by atoms with Gasteiger partial charge in [0.2, 0.25) is 0 Å². The highest BCUT2D eigenvalue weighted by Gasteiger charge is 2.23. The van der Waals surface area contributed by atoms with E-state index in [0.717, 1.165) is 56.8 Å². The van der Waals surface area contributed by atoms with Crippen molar-refractivity contribution in [1.82, 2.24) is 20.1 Å². The van der Waals surface area contributed by atoms with Gasteiger partial charge in [0.1, 0.15) is 0 Å². The molecular formula is C20H26N4O. The predicted octanol–water partition coefficient (Wildman–Crippen LogP) is 1.80.